The Balaban J connectivity index is 2.37. The van der Waals surface area contributed by atoms with Crippen molar-refractivity contribution < 1.29 is 4.79 Å². The summed E-state index contributed by atoms with van der Waals surface area (Å²) in [5, 5.41) is 0. The molecule has 18 heavy (non-hydrogen) atoms. The van der Waals surface area contributed by atoms with Crippen molar-refractivity contribution in [3.63, 3.8) is 0 Å². The Morgan fingerprint density at radius 2 is 1.67 bits per heavy atom. The van der Waals surface area contributed by atoms with Gasteiger partial charge in [-0.1, -0.05) is 27.7 Å². The van der Waals surface area contributed by atoms with Crippen LogP contribution in [0, 0.1) is 17.8 Å². The fourth-order valence-electron chi connectivity index (χ4n) is 2.24. The number of amides is 1. The zero-order valence-electron chi connectivity index (χ0n) is 12.4. The molecule has 1 saturated heterocycles. The Morgan fingerprint density at radius 3 is 2.11 bits per heavy atom. The van der Waals surface area contributed by atoms with E-state index < -0.39 is 0 Å². The predicted molar refractivity (Wildman–Crippen MR) is 75.2 cm³/mol. The summed E-state index contributed by atoms with van der Waals surface area (Å²) >= 11 is 0. The summed E-state index contributed by atoms with van der Waals surface area (Å²) in [6.07, 6.45) is 0. The molecule has 0 radical (unpaired) electrons. The molecular formula is C14H29N3O. The van der Waals surface area contributed by atoms with Gasteiger partial charge in [0.1, 0.15) is 0 Å². The average molecular weight is 255 g/mol. The molecule has 2 unspecified atom stereocenters. The summed E-state index contributed by atoms with van der Waals surface area (Å²) in [5.41, 5.74) is 5.65. The van der Waals surface area contributed by atoms with E-state index in [1.165, 1.54) is 0 Å². The molecule has 1 amide bonds. The van der Waals surface area contributed by atoms with Crippen LogP contribution >= 0.6 is 0 Å². The van der Waals surface area contributed by atoms with Gasteiger partial charge >= 0.3 is 0 Å². The van der Waals surface area contributed by atoms with E-state index in [-0.39, 0.29) is 5.92 Å². The Hall–Kier alpha value is -0.610. The van der Waals surface area contributed by atoms with Gasteiger partial charge in [0.15, 0.2) is 0 Å². The van der Waals surface area contributed by atoms with Gasteiger partial charge in [0.25, 0.3) is 0 Å². The van der Waals surface area contributed by atoms with Crippen LogP contribution in [0.4, 0.5) is 0 Å². The van der Waals surface area contributed by atoms with Crippen LogP contribution in [-0.2, 0) is 4.79 Å². The van der Waals surface area contributed by atoms with Crippen LogP contribution in [0.25, 0.3) is 0 Å². The molecule has 106 valence electrons. The lowest BCUT2D eigenvalue weighted by Gasteiger charge is -2.37. The maximum atomic E-state index is 12.2. The molecule has 0 aliphatic carbocycles. The highest BCUT2D eigenvalue weighted by atomic mass is 16.2. The lowest BCUT2D eigenvalue weighted by molar-refractivity contribution is -0.138. The summed E-state index contributed by atoms with van der Waals surface area (Å²) in [4.78, 5) is 16.7. The normalized spacial score (nSPS) is 21.1. The summed E-state index contributed by atoms with van der Waals surface area (Å²) in [6, 6.07) is 0. The second-order valence-corrected chi connectivity index (χ2v) is 6.00. The first kappa shape index (κ1) is 15.4. The minimum absolute atomic E-state index is 0.138. The molecule has 1 aliphatic heterocycles. The largest absolute Gasteiger partial charge is 0.340 e. The van der Waals surface area contributed by atoms with Crippen LogP contribution in [0.1, 0.15) is 27.7 Å². The van der Waals surface area contributed by atoms with Crippen LogP contribution in [0.2, 0.25) is 0 Å². The number of carbonyl (C=O) groups is 1. The maximum absolute atomic E-state index is 12.2. The Labute approximate surface area is 111 Å². The first-order valence-corrected chi connectivity index (χ1v) is 7.17. The van der Waals surface area contributed by atoms with Crippen molar-refractivity contribution in [1.82, 2.24) is 9.80 Å². The highest BCUT2D eigenvalue weighted by Gasteiger charge is 2.26. The number of hydrogen-bond acceptors (Lipinski definition) is 3. The molecule has 2 atom stereocenters. The molecule has 1 fully saturated rings. The van der Waals surface area contributed by atoms with E-state index >= 15 is 0 Å². The number of rotatable bonds is 5. The molecule has 0 aromatic rings. The predicted octanol–water partition coefficient (Wildman–Crippen LogP) is 1.02. The van der Waals surface area contributed by atoms with Crippen LogP contribution in [0.5, 0.6) is 0 Å². The van der Waals surface area contributed by atoms with Gasteiger partial charge in [-0.3, -0.25) is 9.69 Å². The number of piperazine rings is 1. The first-order valence-electron chi connectivity index (χ1n) is 7.17. The van der Waals surface area contributed by atoms with Crippen molar-refractivity contribution in [2.24, 2.45) is 23.5 Å². The maximum Gasteiger partial charge on any atom is 0.225 e. The highest BCUT2D eigenvalue weighted by Crippen LogP contribution is 2.15. The van der Waals surface area contributed by atoms with Gasteiger partial charge in [-0.2, -0.15) is 0 Å². The topological polar surface area (TPSA) is 49.6 Å². The minimum atomic E-state index is 0.138. The van der Waals surface area contributed by atoms with E-state index in [0.717, 1.165) is 39.3 Å². The quantitative estimate of drug-likeness (QED) is 0.798. The monoisotopic (exact) mass is 255 g/mol. The van der Waals surface area contributed by atoms with E-state index in [9.17, 15) is 4.79 Å². The Morgan fingerprint density at radius 1 is 1.11 bits per heavy atom. The Bertz CT molecular complexity index is 260. The molecule has 1 heterocycles. The SMILES string of the molecule is CC(CN)CN1CCN(C(=O)C(C)C(C)C)CC1. The molecule has 2 N–H and O–H groups in total. The third kappa shape index (κ3) is 4.25. The number of hydrogen-bond donors (Lipinski definition) is 1. The van der Waals surface area contributed by atoms with Crippen LogP contribution in [0.3, 0.4) is 0 Å². The average Bonchev–Trinajstić information content (AvgIpc) is 2.37. The summed E-state index contributed by atoms with van der Waals surface area (Å²) in [7, 11) is 0. The van der Waals surface area contributed by atoms with Gasteiger partial charge in [0.05, 0.1) is 0 Å². The Kier molecular flexibility index (Phi) is 6.09. The zero-order valence-corrected chi connectivity index (χ0v) is 12.4. The zero-order chi connectivity index (χ0) is 13.7. The first-order chi connectivity index (χ1) is 8.45. The van der Waals surface area contributed by atoms with E-state index in [0.29, 0.717) is 17.7 Å². The molecule has 1 aliphatic rings. The van der Waals surface area contributed by atoms with Gasteiger partial charge in [0.2, 0.25) is 5.91 Å². The molecule has 4 nitrogen and oxygen atoms in total. The van der Waals surface area contributed by atoms with Crippen LogP contribution in [0.15, 0.2) is 0 Å². The van der Waals surface area contributed by atoms with Crippen molar-refractivity contribution in [3.05, 3.63) is 0 Å². The summed E-state index contributed by atoms with van der Waals surface area (Å²) < 4.78 is 0. The third-order valence-corrected chi connectivity index (χ3v) is 4.05. The summed E-state index contributed by atoms with van der Waals surface area (Å²) in [6.45, 7) is 13.9. The van der Waals surface area contributed by atoms with E-state index in [2.05, 4.69) is 25.7 Å². The fraction of sp³-hybridized carbons (Fsp3) is 0.929. The van der Waals surface area contributed by atoms with Crippen molar-refractivity contribution in [2.75, 3.05) is 39.3 Å². The summed E-state index contributed by atoms with van der Waals surface area (Å²) in [5.74, 6) is 1.42. The number of carbonyl (C=O) groups excluding carboxylic acids is 1. The number of nitrogens with two attached hydrogens (primary N) is 1. The molecule has 0 bridgehead atoms. The fourth-order valence-corrected chi connectivity index (χ4v) is 2.24. The van der Waals surface area contributed by atoms with Gasteiger partial charge in [-0.05, 0) is 18.4 Å². The van der Waals surface area contributed by atoms with Gasteiger partial charge in [0, 0.05) is 38.6 Å². The van der Waals surface area contributed by atoms with Crippen LogP contribution in [-0.4, -0.2) is 55.0 Å². The van der Waals surface area contributed by atoms with Gasteiger partial charge < -0.3 is 10.6 Å². The molecule has 0 saturated carbocycles. The second kappa shape index (κ2) is 7.10. The standard InChI is InChI=1S/C14H29N3O/c1-11(2)13(4)14(18)17-7-5-16(6-8-17)10-12(3)9-15/h11-13H,5-10,15H2,1-4H3. The molecule has 0 aromatic heterocycles. The molecule has 4 heteroatoms. The molecule has 0 spiro atoms. The molecule has 0 aromatic carbocycles. The third-order valence-electron chi connectivity index (χ3n) is 4.05. The molecular weight excluding hydrogens is 226 g/mol. The van der Waals surface area contributed by atoms with E-state index in [1.807, 2.05) is 11.8 Å². The smallest absolute Gasteiger partial charge is 0.225 e. The van der Waals surface area contributed by atoms with Gasteiger partial charge in [-0.15, -0.1) is 0 Å². The van der Waals surface area contributed by atoms with Crippen molar-refractivity contribution in [2.45, 2.75) is 27.7 Å². The van der Waals surface area contributed by atoms with Crippen molar-refractivity contribution >= 4 is 5.91 Å². The van der Waals surface area contributed by atoms with Crippen molar-refractivity contribution in [3.8, 4) is 0 Å². The van der Waals surface area contributed by atoms with Crippen molar-refractivity contribution in [1.29, 1.82) is 0 Å². The van der Waals surface area contributed by atoms with E-state index in [4.69, 9.17) is 5.73 Å². The lowest BCUT2D eigenvalue weighted by Crippen LogP contribution is -2.51. The number of nitrogens with zero attached hydrogens (tertiary/aromatic N) is 2. The minimum Gasteiger partial charge on any atom is -0.340 e. The van der Waals surface area contributed by atoms with Crippen LogP contribution < -0.4 is 5.73 Å². The van der Waals surface area contributed by atoms with Gasteiger partial charge in [-0.25, -0.2) is 0 Å². The lowest BCUT2D eigenvalue weighted by atomic mass is 9.96. The highest BCUT2D eigenvalue weighted by molar-refractivity contribution is 5.78. The second-order valence-electron chi connectivity index (χ2n) is 6.00. The molecule has 1 rings (SSSR count). The van der Waals surface area contributed by atoms with E-state index in [1.54, 1.807) is 0 Å².